The second kappa shape index (κ2) is 9.77. The second-order valence-corrected chi connectivity index (χ2v) is 8.79. The maximum atomic E-state index is 12.1. The van der Waals surface area contributed by atoms with Crippen molar-refractivity contribution in [3.05, 3.63) is 28.2 Å². The Morgan fingerprint density at radius 1 is 1.00 bits per heavy atom. The number of carbonyl (C=O) groups excluding carboxylic acids is 2. The molecular weight excluding hydrogens is 430 g/mol. The summed E-state index contributed by atoms with van der Waals surface area (Å²) in [6.07, 6.45) is -1.49. The van der Waals surface area contributed by atoms with E-state index in [9.17, 15) is 9.59 Å². The molecule has 1 aromatic carbocycles. The summed E-state index contributed by atoms with van der Waals surface area (Å²) >= 11 is 3.40. The van der Waals surface area contributed by atoms with Crippen LogP contribution in [0.25, 0.3) is 0 Å². The van der Waals surface area contributed by atoms with Crippen molar-refractivity contribution < 1.29 is 23.8 Å². The number of nitrogens with one attached hydrogen (secondary N) is 2. The average molecular weight is 458 g/mol. The van der Waals surface area contributed by atoms with Gasteiger partial charge in [0, 0.05) is 10.0 Å². The Morgan fingerprint density at radius 2 is 1.50 bits per heavy atom. The normalized spacial score (nSPS) is 11.3. The van der Waals surface area contributed by atoms with Crippen molar-refractivity contribution in [1.82, 2.24) is 10.6 Å². The summed E-state index contributed by atoms with van der Waals surface area (Å²) in [6.45, 7) is 10.5. The lowest BCUT2D eigenvalue weighted by Crippen LogP contribution is -2.47. The number of ether oxygens (including phenoxy) is 3. The van der Waals surface area contributed by atoms with Gasteiger partial charge in [-0.2, -0.15) is 0 Å². The van der Waals surface area contributed by atoms with Crippen LogP contribution >= 0.6 is 15.9 Å². The topological polar surface area (TPSA) is 98.3 Å². The molecule has 1 rings (SSSR count). The molecule has 0 bridgehead atoms. The van der Waals surface area contributed by atoms with Crippen LogP contribution in [0.15, 0.2) is 27.7 Å². The van der Waals surface area contributed by atoms with Crippen molar-refractivity contribution in [1.29, 1.82) is 0 Å². The van der Waals surface area contributed by atoms with Crippen molar-refractivity contribution in [2.75, 3.05) is 7.11 Å². The minimum Gasteiger partial charge on any atom is -0.496 e. The number of benzene rings is 1. The van der Waals surface area contributed by atoms with E-state index < -0.39 is 23.4 Å². The molecule has 0 atom stereocenters. The van der Waals surface area contributed by atoms with Gasteiger partial charge >= 0.3 is 12.2 Å². The Balaban J connectivity index is 3.01. The molecule has 0 aliphatic heterocycles. The Morgan fingerprint density at radius 3 is 1.93 bits per heavy atom. The van der Waals surface area contributed by atoms with Crippen molar-refractivity contribution in [2.24, 2.45) is 4.99 Å². The summed E-state index contributed by atoms with van der Waals surface area (Å²) in [5.41, 5.74) is -0.644. The van der Waals surface area contributed by atoms with Gasteiger partial charge in [0.2, 0.25) is 5.96 Å². The third-order valence-corrected chi connectivity index (χ3v) is 3.38. The number of aliphatic imine (C=N–C) groups is 1. The van der Waals surface area contributed by atoms with Crippen LogP contribution in [0.1, 0.15) is 47.1 Å². The fraction of sp³-hybridized carbons (Fsp3) is 0.526. The lowest BCUT2D eigenvalue weighted by atomic mass is 10.2. The van der Waals surface area contributed by atoms with Crippen LogP contribution < -0.4 is 15.4 Å². The predicted octanol–water partition coefficient (Wildman–Crippen LogP) is 4.36. The van der Waals surface area contributed by atoms with Gasteiger partial charge in [-0.15, -0.1) is 0 Å². The Hall–Kier alpha value is -2.29. The van der Waals surface area contributed by atoms with Crippen LogP contribution in [0.3, 0.4) is 0 Å². The number of halogens is 1. The fourth-order valence-corrected chi connectivity index (χ4v) is 2.35. The highest BCUT2D eigenvalue weighted by Gasteiger charge is 2.21. The number of carbonyl (C=O) groups is 2. The van der Waals surface area contributed by atoms with E-state index >= 15 is 0 Å². The van der Waals surface area contributed by atoms with Crippen LogP contribution in [0.2, 0.25) is 0 Å². The van der Waals surface area contributed by atoms with Crippen LogP contribution in [0, 0.1) is 0 Å². The van der Waals surface area contributed by atoms with Gasteiger partial charge in [0.1, 0.15) is 17.0 Å². The number of nitrogens with zero attached hydrogens (tertiary/aromatic N) is 1. The molecule has 0 aliphatic carbocycles. The number of amides is 2. The first-order chi connectivity index (χ1) is 12.8. The van der Waals surface area contributed by atoms with E-state index in [1.54, 1.807) is 54.7 Å². The highest BCUT2D eigenvalue weighted by Crippen LogP contribution is 2.23. The van der Waals surface area contributed by atoms with Gasteiger partial charge in [0.25, 0.3) is 0 Å². The number of hydrogen-bond acceptors (Lipinski definition) is 6. The molecule has 0 heterocycles. The van der Waals surface area contributed by atoms with E-state index in [2.05, 4.69) is 31.6 Å². The van der Waals surface area contributed by atoms with Gasteiger partial charge in [0.15, 0.2) is 0 Å². The molecule has 0 aliphatic rings. The van der Waals surface area contributed by atoms with E-state index in [0.29, 0.717) is 5.75 Å². The number of guanidine groups is 1. The van der Waals surface area contributed by atoms with Gasteiger partial charge in [-0.25, -0.2) is 14.6 Å². The monoisotopic (exact) mass is 457 g/mol. The molecule has 0 aromatic heterocycles. The molecule has 0 fully saturated rings. The minimum atomic E-state index is -0.747. The highest BCUT2D eigenvalue weighted by molar-refractivity contribution is 9.10. The molecule has 8 nitrogen and oxygen atoms in total. The smallest absolute Gasteiger partial charge is 0.414 e. The summed E-state index contributed by atoms with van der Waals surface area (Å²) in [7, 11) is 1.55. The molecule has 156 valence electrons. The molecule has 0 spiro atoms. The van der Waals surface area contributed by atoms with Gasteiger partial charge in [-0.1, -0.05) is 15.9 Å². The first-order valence-corrected chi connectivity index (χ1v) is 9.45. The lowest BCUT2D eigenvalue weighted by molar-refractivity contribution is 0.0545. The molecule has 0 radical (unpaired) electrons. The SMILES string of the molecule is COc1ccc(Br)cc1CN=C(NC(=O)OC(C)(C)C)NC(=O)OC(C)(C)C. The van der Waals surface area contributed by atoms with Crippen molar-refractivity contribution in [2.45, 2.75) is 59.3 Å². The van der Waals surface area contributed by atoms with Gasteiger partial charge in [-0.05, 0) is 59.7 Å². The van der Waals surface area contributed by atoms with Crippen LogP contribution in [0.4, 0.5) is 9.59 Å². The van der Waals surface area contributed by atoms with E-state index in [1.165, 1.54) is 0 Å². The first-order valence-electron chi connectivity index (χ1n) is 8.66. The molecule has 9 heteroatoms. The summed E-state index contributed by atoms with van der Waals surface area (Å²) in [4.78, 5) is 28.4. The van der Waals surface area contributed by atoms with Crippen molar-refractivity contribution in [3.8, 4) is 5.75 Å². The Labute approximate surface area is 174 Å². The van der Waals surface area contributed by atoms with E-state index in [0.717, 1.165) is 10.0 Å². The highest BCUT2D eigenvalue weighted by atomic mass is 79.9. The molecule has 2 amide bonds. The van der Waals surface area contributed by atoms with Crippen LogP contribution in [0.5, 0.6) is 5.75 Å². The summed E-state index contributed by atoms with van der Waals surface area (Å²) < 4.78 is 16.6. The third-order valence-electron chi connectivity index (χ3n) is 2.89. The molecule has 1 aromatic rings. The zero-order chi connectivity index (χ0) is 21.5. The van der Waals surface area contributed by atoms with Gasteiger partial charge in [-0.3, -0.25) is 10.6 Å². The molecule has 0 unspecified atom stereocenters. The summed E-state index contributed by atoms with van der Waals surface area (Å²) in [5.74, 6) is 0.534. The maximum Gasteiger partial charge on any atom is 0.414 e. The standard InChI is InChI=1S/C19H28BrN3O5/c1-18(2,3)27-16(24)22-15(23-17(25)28-19(4,5)6)21-11-12-10-13(20)8-9-14(12)26-7/h8-10H,11H2,1-7H3,(H2,21,22,23,24,25). The molecule has 0 saturated heterocycles. The molecular formula is C19H28BrN3O5. The Bertz CT molecular complexity index is 704. The number of hydrogen-bond donors (Lipinski definition) is 2. The maximum absolute atomic E-state index is 12.1. The number of rotatable bonds is 3. The van der Waals surface area contributed by atoms with E-state index in [-0.39, 0.29) is 12.5 Å². The minimum absolute atomic E-state index is 0.0921. The zero-order valence-corrected chi connectivity index (χ0v) is 18.9. The fourth-order valence-electron chi connectivity index (χ4n) is 1.95. The largest absolute Gasteiger partial charge is 0.496 e. The van der Waals surface area contributed by atoms with E-state index in [1.807, 2.05) is 12.1 Å². The van der Waals surface area contributed by atoms with Gasteiger partial charge < -0.3 is 14.2 Å². The van der Waals surface area contributed by atoms with Crippen LogP contribution in [-0.2, 0) is 16.0 Å². The predicted molar refractivity (Wildman–Crippen MR) is 111 cm³/mol. The van der Waals surface area contributed by atoms with Gasteiger partial charge in [0.05, 0.1) is 13.7 Å². The summed E-state index contributed by atoms with van der Waals surface area (Å²) in [5, 5.41) is 4.87. The van der Waals surface area contributed by atoms with Crippen LogP contribution in [-0.4, -0.2) is 36.5 Å². The third kappa shape index (κ3) is 9.59. The Kier molecular flexibility index (Phi) is 8.29. The molecule has 28 heavy (non-hydrogen) atoms. The first kappa shape index (κ1) is 23.7. The number of methoxy groups -OCH3 is 1. The second-order valence-electron chi connectivity index (χ2n) is 7.87. The molecule has 0 saturated carbocycles. The number of alkyl carbamates (subject to hydrolysis) is 2. The lowest BCUT2D eigenvalue weighted by Gasteiger charge is -2.22. The summed E-state index contributed by atoms with van der Waals surface area (Å²) in [6, 6.07) is 5.46. The van der Waals surface area contributed by atoms with E-state index in [4.69, 9.17) is 14.2 Å². The van der Waals surface area contributed by atoms with Crippen molar-refractivity contribution in [3.63, 3.8) is 0 Å². The zero-order valence-electron chi connectivity index (χ0n) is 17.3. The average Bonchev–Trinajstić information content (AvgIpc) is 2.49. The quantitative estimate of drug-likeness (QED) is 0.518. The van der Waals surface area contributed by atoms with Crippen molar-refractivity contribution >= 4 is 34.1 Å². The molecule has 2 N–H and O–H groups in total.